The summed E-state index contributed by atoms with van der Waals surface area (Å²) in [5.41, 5.74) is 1.70. The zero-order chi connectivity index (χ0) is 19.7. The number of aryl methyl sites for hydroxylation is 2. The van der Waals surface area contributed by atoms with Crippen molar-refractivity contribution in [1.82, 2.24) is 29.7 Å². The second kappa shape index (κ2) is 7.73. The molecule has 0 atom stereocenters. The molecule has 1 saturated heterocycles. The number of benzene rings is 1. The molecular weight excluding hydrogens is 380 g/mol. The Bertz CT molecular complexity index is 973. The Morgan fingerprint density at radius 1 is 1.14 bits per heavy atom. The van der Waals surface area contributed by atoms with E-state index in [1.165, 1.54) is 0 Å². The molecule has 0 spiro atoms. The van der Waals surface area contributed by atoms with Crippen LogP contribution in [0.2, 0.25) is 5.02 Å². The molecule has 0 radical (unpaired) electrons. The molecule has 1 amide bonds. The Labute approximate surface area is 167 Å². The van der Waals surface area contributed by atoms with Gasteiger partial charge in [-0.3, -0.25) is 9.69 Å². The summed E-state index contributed by atoms with van der Waals surface area (Å²) in [5.74, 6) is 1.57. The van der Waals surface area contributed by atoms with Crippen molar-refractivity contribution >= 4 is 17.5 Å². The molecular formula is C19H21ClN6O2. The molecule has 8 nitrogen and oxygen atoms in total. The van der Waals surface area contributed by atoms with Gasteiger partial charge in [-0.1, -0.05) is 16.8 Å². The predicted molar refractivity (Wildman–Crippen MR) is 104 cm³/mol. The van der Waals surface area contributed by atoms with Gasteiger partial charge in [-0.15, -0.1) is 5.10 Å². The third kappa shape index (κ3) is 3.93. The van der Waals surface area contributed by atoms with Crippen molar-refractivity contribution in [3.63, 3.8) is 0 Å². The normalized spacial score (nSPS) is 15.2. The summed E-state index contributed by atoms with van der Waals surface area (Å²) in [4.78, 5) is 21.2. The molecule has 1 aliphatic rings. The van der Waals surface area contributed by atoms with Crippen LogP contribution in [0.3, 0.4) is 0 Å². The first-order chi connectivity index (χ1) is 13.5. The quantitative estimate of drug-likeness (QED) is 0.669. The van der Waals surface area contributed by atoms with Crippen LogP contribution in [-0.4, -0.2) is 61.8 Å². The van der Waals surface area contributed by atoms with Gasteiger partial charge in [-0.05, 0) is 38.1 Å². The van der Waals surface area contributed by atoms with Crippen LogP contribution < -0.4 is 0 Å². The SMILES string of the molecule is Cc1cc(CN2CCN(C(=O)c3nc(C)n(-c4ccc(Cl)cc4)n3)CC2)on1. The average Bonchev–Trinajstić information content (AvgIpc) is 3.28. The summed E-state index contributed by atoms with van der Waals surface area (Å²) < 4.78 is 6.93. The summed E-state index contributed by atoms with van der Waals surface area (Å²) in [6.45, 7) is 7.22. The maximum absolute atomic E-state index is 12.8. The third-order valence-electron chi connectivity index (χ3n) is 4.75. The highest BCUT2D eigenvalue weighted by atomic mass is 35.5. The van der Waals surface area contributed by atoms with E-state index in [2.05, 4.69) is 20.1 Å². The van der Waals surface area contributed by atoms with Crippen LogP contribution in [0.25, 0.3) is 5.69 Å². The fourth-order valence-electron chi connectivity index (χ4n) is 3.27. The van der Waals surface area contributed by atoms with Gasteiger partial charge in [0.2, 0.25) is 5.82 Å². The molecule has 0 bridgehead atoms. The van der Waals surface area contributed by atoms with E-state index in [1.807, 2.05) is 32.0 Å². The number of carbonyl (C=O) groups is 1. The Morgan fingerprint density at radius 2 is 1.86 bits per heavy atom. The van der Waals surface area contributed by atoms with Crippen molar-refractivity contribution in [2.45, 2.75) is 20.4 Å². The van der Waals surface area contributed by atoms with E-state index in [4.69, 9.17) is 16.1 Å². The molecule has 0 unspecified atom stereocenters. The third-order valence-corrected chi connectivity index (χ3v) is 5.00. The van der Waals surface area contributed by atoms with E-state index < -0.39 is 0 Å². The average molecular weight is 401 g/mol. The van der Waals surface area contributed by atoms with Crippen molar-refractivity contribution in [2.24, 2.45) is 0 Å². The standard InChI is InChI=1S/C19H21ClN6O2/c1-13-11-17(28-23-13)12-24-7-9-25(10-8-24)19(27)18-21-14(2)26(22-18)16-5-3-15(20)4-6-16/h3-6,11H,7-10,12H2,1-2H3. The molecule has 2 aromatic heterocycles. The van der Waals surface area contributed by atoms with E-state index in [9.17, 15) is 4.79 Å². The number of hydrogen-bond donors (Lipinski definition) is 0. The topological polar surface area (TPSA) is 80.3 Å². The van der Waals surface area contributed by atoms with Gasteiger partial charge >= 0.3 is 0 Å². The van der Waals surface area contributed by atoms with E-state index in [-0.39, 0.29) is 11.7 Å². The maximum atomic E-state index is 12.8. The van der Waals surface area contributed by atoms with Gasteiger partial charge in [0.15, 0.2) is 5.76 Å². The van der Waals surface area contributed by atoms with Gasteiger partial charge in [0.05, 0.1) is 17.9 Å². The van der Waals surface area contributed by atoms with Crippen LogP contribution in [-0.2, 0) is 6.54 Å². The molecule has 0 aliphatic carbocycles. The fourth-order valence-corrected chi connectivity index (χ4v) is 3.40. The summed E-state index contributed by atoms with van der Waals surface area (Å²) in [6, 6.07) is 9.21. The lowest BCUT2D eigenvalue weighted by atomic mass is 10.2. The Morgan fingerprint density at radius 3 is 2.50 bits per heavy atom. The second-order valence-corrected chi connectivity index (χ2v) is 7.31. The first-order valence-corrected chi connectivity index (χ1v) is 9.51. The van der Waals surface area contributed by atoms with Crippen molar-refractivity contribution < 1.29 is 9.32 Å². The summed E-state index contributed by atoms with van der Waals surface area (Å²) in [7, 11) is 0. The molecule has 0 N–H and O–H groups in total. The summed E-state index contributed by atoms with van der Waals surface area (Å²) >= 11 is 5.94. The molecule has 1 aliphatic heterocycles. The minimum Gasteiger partial charge on any atom is -0.360 e. The van der Waals surface area contributed by atoms with Crippen LogP contribution in [0, 0.1) is 13.8 Å². The predicted octanol–water partition coefficient (Wildman–Crippen LogP) is 2.48. The van der Waals surface area contributed by atoms with E-state index in [0.717, 1.165) is 30.2 Å². The molecule has 28 heavy (non-hydrogen) atoms. The highest BCUT2D eigenvalue weighted by Crippen LogP contribution is 2.16. The lowest BCUT2D eigenvalue weighted by molar-refractivity contribution is 0.0605. The lowest BCUT2D eigenvalue weighted by Gasteiger charge is -2.33. The summed E-state index contributed by atoms with van der Waals surface area (Å²) in [5, 5.41) is 8.97. The molecule has 1 fully saturated rings. The van der Waals surface area contributed by atoms with Gasteiger partial charge in [0, 0.05) is 37.3 Å². The van der Waals surface area contributed by atoms with Crippen LogP contribution >= 0.6 is 11.6 Å². The zero-order valence-corrected chi connectivity index (χ0v) is 16.6. The van der Waals surface area contributed by atoms with E-state index in [1.54, 1.807) is 21.7 Å². The number of carbonyl (C=O) groups excluding carboxylic acids is 1. The smallest absolute Gasteiger partial charge is 0.293 e. The van der Waals surface area contributed by atoms with Crippen LogP contribution in [0.4, 0.5) is 0 Å². The minimum absolute atomic E-state index is 0.147. The van der Waals surface area contributed by atoms with Gasteiger partial charge in [-0.2, -0.15) is 0 Å². The van der Waals surface area contributed by atoms with Crippen LogP contribution in [0.1, 0.15) is 27.9 Å². The summed E-state index contributed by atoms with van der Waals surface area (Å²) in [6.07, 6.45) is 0. The zero-order valence-electron chi connectivity index (χ0n) is 15.8. The Balaban J connectivity index is 1.40. The Hall–Kier alpha value is -2.71. The number of halogens is 1. The van der Waals surface area contributed by atoms with Crippen LogP contribution in [0.5, 0.6) is 0 Å². The van der Waals surface area contributed by atoms with E-state index >= 15 is 0 Å². The molecule has 3 heterocycles. The van der Waals surface area contributed by atoms with Crippen molar-refractivity contribution in [3.05, 3.63) is 58.5 Å². The maximum Gasteiger partial charge on any atom is 0.293 e. The largest absolute Gasteiger partial charge is 0.360 e. The molecule has 4 rings (SSSR count). The first-order valence-electron chi connectivity index (χ1n) is 9.13. The van der Waals surface area contributed by atoms with Crippen molar-refractivity contribution in [1.29, 1.82) is 0 Å². The molecule has 1 aromatic carbocycles. The number of piperazine rings is 1. The molecule has 146 valence electrons. The molecule has 0 saturated carbocycles. The van der Waals surface area contributed by atoms with Gasteiger partial charge in [0.1, 0.15) is 5.82 Å². The lowest BCUT2D eigenvalue weighted by Crippen LogP contribution is -2.48. The van der Waals surface area contributed by atoms with Gasteiger partial charge in [0.25, 0.3) is 5.91 Å². The van der Waals surface area contributed by atoms with Crippen molar-refractivity contribution in [3.8, 4) is 5.69 Å². The number of hydrogen-bond acceptors (Lipinski definition) is 6. The first kappa shape index (κ1) is 18.6. The van der Waals surface area contributed by atoms with E-state index in [0.29, 0.717) is 30.5 Å². The Kier molecular flexibility index (Phi) is 5.15. The molecule has 9 heteroatoms. The highest BCUT2D eigenvalue weighted by Gasteiger charge is 2.26. The van der Waals surface area contributed by atoms with Crippen molar-refractivity contribution in [2.75, 3.05) is 26.2 Å². The minimum atomic E-state index is -0.147. The van der Waals surface area contributed by atoms with Gasteiger partial charge < -0.3 is 9.42 Å². The highest BCUT2D eigenvalue weighted by molar-refractivity contribution is 6.30. The number of aromatic nitrogens is 4. The van der Waals surface area contributed by atoms with Crippen LogP contribution in [0.15, 0.2) is 34.9 Å². The monoisotopic (exact) mass is 400 g/mol. The second-order valence-electron chi connectivity index (χ2n) is 6.87. The molecule has 3 aromatic rings. The fraction of sp³-hybridized carbons (Fsp3) is 0.368. The number of rotatable bonds is 4. The number of amides is 1. The van der Waals surface area contributed by atoms with Gasteiger partial charge in [-0.25, -0.2) is 9.67 Å². The number of nitrogens with zero attached hydrogens (tertiary/aromatic N) is 6.